The minimum absolute atomic E-state index is 0.172. The predicted octanol–water partition coefficient (Wildman–Crippen LogP) is 18.4. The van der Waals surface area contributed by atoms with Gasteiger partial charge in [0, 0.05) is 12.8 Å². The molecule has 0 aromatic carbocycles. The highest BCUT2D eigenvalue weighted by Crippen LogP contribution is 2.19. The van der Waals surface area contributed by atoms with E-state index >= 15 is 0 Å². The van der Waals surface area contributed by atoms with Gasteiger partial charge in [0.05, 0.1) is 34.4 Å². The van der Waals surface area contributed by atoms with Gasteiger partial charge in [-0.15, -0.1) is 0 Å². The zero-order valence-corrected chi connectivity index (χ0v) is 48.2. The van der Waals surface area contributed by atoms with Crippen molar-refractivity contribution >= 4 is 17.9 Å². The average molecular weight is 1010 g/mol. The lowest BCUT2D eigenvalue weighted by Gasteiger charge is -2.25. The van der Waals surface area contributed by atoms with Crippen molar-refractivity contribution in [1.82, 2.24) is 0 Å². The molecular weight excluding hydrogens is 887 g/mol. The zero-order valence-electron chi connectivity index (χ0n) is 48.2. The topological polar surface area (TPSA) is 108 Å². The number of carbonyl (C=O) groups excluding carboxylic acids is 2. The van der Waals surface area contributed by atoms with Gasteiger partial charge < -0.3 is 28.5 Å². The molecular formula is C62H122NO8+. The Kier molecular flexibility index (Phi) is 53.2. The molecule has 0 spiro atoms. The summed E-state index contributed by atoms with van der Waals surface area (Å²) in [6.45, 7) is 4.96. The molecule has 0 heterocycles. The number of quaternary nitrogens is 1. The minimum atomic E-state index is -1.50. The van der Waals surface area contributed by atoms with Gasteiger partial charge in [-0.25, -0.2) is 4.79 Å². The van der Waals surface area contributed by atoms with Crippen molar-refractivity contribution in [3.05, 3.63) is 0 Å². The van der Waals surface area contributed by atoms with E-state index in [0.717, 1.165) is 38.5 Å². The van der Waals surface area contributed by atoms with Crippen LogP contribution in [0, 0.1) is 0 Å². The molecule has 0 saturated heterocycles. The largest absolute Gasteiger partial charge is 0.477 e. The summed E-state index contributed by atoms with van der Waals surface area (Å²) in [7, 11) is 5.99. The van der Waals surface area contributed by atoms with Gasteiger partial charge in [-0.1, -0.05) is 296 Å². The highest BCUT2D eigenvalue weighted by Gasteiger charge is 2.25. The molecule has 0 fully saturated rings. The number of esters is 2. The number of rotatable bonds is 59. The molecule has 422 valence electrons. The molecule has 0 bridgehead atoms. The van der Waals surface area contributed by atoms with E-state index in [9.17, 15) is 19.5 Å². The lowest BCUT2D eigenvalue weighted by molar-refractivity contribution is -0.870. The molecule has 0 saturated carbocycles. The maximum absolute atomic E-state index is 12.9. The Labute approximate surface area is 441 Å². The number of nitrogens with zero attached hydrogens (tertiary/aromatic N) is 1. The first-order valence-corrected chi connectivity index (χ1v) is 31.2. The Bertz CT molecular complexity index is 1130. The van der Waals surface area contributed by atoms with E-state index in [2.05, 4.69) is 13.8 Å². The molecule has 0 aromatic rings. The minimum Gasteiger partial charge on any atom is -0.477 e. The van der Waals surface area contributed by atoms with E-state index in [4.69, 9.17) is 18.9 Å². The van der Waals surface area contributed by atoms with Crippen LogP contribution in [-0.2, 0) is 33.3 Å². The average Bonchev–Trinajstić information content (AvgIpc) is 3.34. The van der Waals surface area contributed by atoms with E-state index in [1.165, 1.54) is 257 Å². The van der Waals surface area contributed by atoms with Crippen LogP contribution < -0.4 is 0 Å². The van der Waals surface area contributed by atoms with E-state index in [1.54, 1.807) is 0 Å². The number of aliphatic carboxylic acids is 1. The molecule has 2 unspecified atom stereocenters. The summed E-state index contributed by atoms with van der Waals surface area (Å²) < 4.78 is 23.0. The second kappa shape index (κ2) is 54.5. The molecule has 0 radical (unpaired) electrons. The van der Waals surface area contributed by atoms with E-state index in [1.807, 2.05) is 21.1 Å². The summed E-state index contributed by atoms with van der Waals surface area (Å²) in [4.78, 5) is 37.5. The second-order valence-corrected chi connectivity index (χ2v) is 22.7. The van der Waals surface area contributed by atoms with Crippen molar-refractivity contribution in [2.24, 2.45) is 0 Å². The summed E-state index contributed by atoms with van der Waals surface area (Å²) in [5.74, 6) is -1.97. The summed E-state index contributed by atoms with van der Waals surface area (Å²) in [6, 6.07) is 0. The molecule has 0 amide bonds. The quantitative estimate of drug-likeness (QED) is 0.0278. The van der Waals surface area contributed by atoms with E-state index < -0.39 is 18.4 Å². The number of carboxylic acids is 1. The van der Waals surface area contributed by atoms with Crippen molar-refractivity contribution in [2.45, 2.75) is 334 Å². The zero-order chi connectivity index (χ0) is 52.0. The van der Waals surface area contributed by atoms with Crippen molar-refractivity contribution in [1.29, 1.82) is 0 Å². The van der Waals surface area contributed by atoms with Gasteiger partial charge in [-0.3, -0.25) is 9.59 Å². The molecule has 0 aliphatic carbocycles. The van der Waals surface area contributed by atoms with Crippen LogP contribution in [0.4, 0.5) is 0 Å². The summed E-state index contributed by atoms with van der Waals surface area (Å²) in [6.07, 6.45) is 59.0. The normalized spacial score (nSPS) is 12.6. The van der Waals surface area contributed by atoms with Crippen molar-refractivity contribution in [2.75, 3.05) is 47.5 Å². The van der Waals surface area contributed by atoms with Crippen LogP contribution >= 0.6 is 0 Å². The van der Waals surface area contributed by atoms with Crippen LogP contribution in [-0.4, -0.2) is 87.4 Å². The molecule has 2 atom stereocenters. The molecule has 1 N–H and O–H groups in total. The first kappa shape index (κ1) is 69.3. The lowest BCUT2D eigenvalue weighted by Crippen LogP contribution is -2.40. The number of likely N-dealkylation sites (N-methyl/N-ethyl adjacent to an activating group) is 1. The molecule has 0 aliphatic rings. The fraction of sp³-hybridized carbons (Fsp3) is 0.952. The van der Waals surface area contributed by atoms with Crippen molar-refractivity contribution in [3.8, 4) is 0 Å². The molecule has 0 aromatic heterocycles. The van der Waals surface area contributed by atoms with Crippen molar-refractivity contribution in [3.63, 3.8) is 0 Å². The Morgan fingerprint density at radius 3 is 0.901 bits per heavy atom. The van der Waals surface area contributed by atoms with Gasteiger partial charge in [0.15, 0.2) is 6.10 Å². The Balaban J connectivity index is 4.14. The number of carbonyl (C=O) groups is 3. The van der Waals surface area contributed by atoms with Crippen LogP contribution in [0.15, 0.2) is 0 Å². The van der Waals surface area contributed by atoms with Crippen LogP contribution in [0.25, 0.3) is 0 Å². The van der Waals surface area contributed by atoms with Gasteiger partial charge >= 0.3 is 17.9 Å². The van der Waals surface area contributed by atoms with Crippen molar-refractivity contribution < 1.29 is 42.9 Å². The molecule has 9 nitrogen and oxygen atoms in total. The molecule has 0 rings (SSSR count). The van der Waals surface area contributed by atoms with Crippen LogP contribution in [0.3, 0.4) is 0 Å². The number of unbranched alkanes of at least 4 members (excludes halogenated alkanes) is 44. The van der Waals surface area contributed by atoms with Crippen LogP contribution in [0.2, 0.25) is 0 Å². The smallest absolute Gasteiger partial charge is 0.361 e. The first-order valence-electron chi connectivity index (χ1n) is 31.2. The Hall–Kier alpha value is -1.71. The lowest BCUT2D eigenvalue weighted by atomic mass is 10.0. The maximum Gasteiger partial charge on any atom is 0.361 e. The fourth-order valence-corrected chi connectivity index (χ4v) is 9.55. The monoisotopic (exact) mass is 1010 g/mol. The third-order valence-corrected chi connectivity index (χ3v) is 14.4. The molecule has 0 aliphatic heterocycles. The molecule has 71 heavy (non-hydrogen) atoms. The highest BCUT2D eigenvalue weighted by atomic mass is 16.7. The summed E-state index contributed by atoms with van der Waals surface area (Å²) >= 11 is 0. The number of hydrogen-bond donors (Lipinski definition) is 1. The third kappa shape index (κ3) is 55.9. The Morgan fingerprint density at radius 2 is 0.634 bits per heavy atom. The van der Waals surface area contributed by atoms with Crippen LogP contribution in [0.1, 0.15) is 322 Å². The standard InChI is InChI=1S/C62H121NO8/c1-6-8-10-12-14-16-18-20-22-24-26-28-30-31-33-35-37-39-41-43-45-47-49-51-53-60(65)71-58(57-70-62(61(66)67)68-55-54-63(3,4)5)56-69-59(64)52-50-48-46-44-42-40-38-36-34-32-29-27-25-23-21-19-17-15-13-11-9-7-2/h58,62H,6-57H2,1-5H3/p+1. The predicted molar refractivity (Wildman–Crippen MR) is 300 cm³/mol. The number of carboxylic acid groups (broad SMARTS) is 1. The van der Waals surface area contributed by atoms with Gasteiger partial charge in [-0.05, 0) is 12.8 Å². The molecule has 9 heteroatoms. The van der Waals surface area contributed by atoms with E-state index in [-0.39, 0.29) is 38.2 Å². The second-order valence-electron chi connectivity index (χ2n) is 22.7. The SMILES string of the molecule is CCCCCCCCCCCCCCCCCCCCCCCCCCC(=O)OC(COC(=O)CCCCCCCCCCCCCCCCCCCCCCCC)COC(OCC[N+](C)(C)C)C(=O)O. The number of ether oxygens (including phenoxy) is 4. The Morgan fingerprint density at radius 1 is 0.366 bits per heavy atom. The highest BCUT2D eigenvalue weighted by molar-refractivity contribution is 5.71. The summed E-state index contributed by atoms with van der Waals surface area (Å²) in [5, 5.41) is 9.71. The summed E-state index contributed by atoms with van der Waals surface area (Å²) in [5.41, 5.74) is 0. The van der Waals surface area contributed by atoms with Gasteiger partial charge in [0.1, 0.15) is 13.2 Å². The van der Waals surface area contributed by atoms with Gasteiger partial charge in [0.2, 0.25) is 0 Å². The van der Waals surface area contributed by atoms with Crippen LogP contribution in [0.5, 0.6) is 0 Å². The first-order chi connectivity index (χ1) is 34.6. The third-order valence-electron chi connectivity index (χ3n) is 14.4. The van der Waals surface area contributed by atoms with E-state index in [0.29, 0.717) is 17.4 Å². The van der Waals surface area contributed by atoms with Gasteiger partial charge in [-0.2, -0.15) is 0 Å². The maximum atomic E-state index is 12.9. The fourth-order valence-electron chi connectivity index (χ4n) is 9.55. The number of hydrogen-bond acceptors (Lipinski definition) is 7. The van der Waals surface area contributed by atoms with Gasteiger partial charge in [0.25, 0.3) is 6.29 Å².